The van der Waals surface area contributed by atoms with Crippen molar-refractivity contribution in [1.82, 2.24) is 0 Å². The number of rotatable bonds is 4. The molecule has 0 radical (unpaired) electrons. The van der Waals surface area contributed by atoms with Crippen LogP contribution in [-0.4, -0.2) is 19.0 Å². The second-order valence-corrected chi connectivity index (χ2v) is 6.65. The van der Waals surface area contributed by atoms with Crippen molar-refractivity contribution in [3.05, 3.63) is 70.3 Å². The fraction of sp³-hybridized carbons (Fsp3) is 0.238. The summed E-state index contributed by atoms with van der Waals surface area (Å²) in [6.45, 7) is 1.66. The first-order valence-electron chi connectivity index (χ1n) is 8.97. The van der Waals surface area contributed by atoms with Gasteiger partial charge in [0, 0.05) is 18.5 Å². The van der Waals surface area contributed by atoms with Gasteiger partial charge in [0.25, 0.3) is 0 Å². The van der Waals surface area contributed by atoms with Crippen LogP contribution in [0, 0.1) is 5.82 Å². The number of hydrogen-bond donors (Lipinski definition) is 1. The molecule has 0 unspecified atom stereocenters. The molecule has 2 aromatic carbocycles. The number of carbonyl (C=O) groups excluding carboxylic acids is 1. The molecule has 6 heteroatoms. The first-order valence-corrected chi connectivity index (χ1v) is 8.97. The Kier molecular flexibility index (Phi) is 4.62. The van der Waals surface area contributed by atoms with Crippen LogP contribution in [0.5, 0.6) is 0 Å². The second kappa shape index (κ2) is 7.23. The molecule has 0 aliphatic carbocycles. The summed E-state index contributed by atoms with van der Waals surface area (Å²) in [6.07, 6.45) is 2.13. The van der Waals surface area contributed by atoms with E-state index in [4.69, 9.17) is 4.42 Å². The fourth-order valence-corrected chi connectivity index (χ4v) is 3.48. The topological polar surface area (TPSA) is 62.6 Å². The number of carbonyl (C=O) groups is 1. The molecule has 1 aromatic heterocycles. The largest absolute Gasteiger partial charge is 0.421 e. The minimum Gasteiger partial charge on any atom is -0.421 e. The Morgan fingerprint density at radius 1 is 1.07 bits per heavy atom. The summed E-state index contributed by atoms with van der Waals surface area (Å²) in [5.41, 5.74) is 1.49. The zero-order valence-electron chi connectivity index (χ0n) is 14.7. The number of amides is 1. The molecule has 0 saturated carbocycles. The van der Waals surface area contributed by atoms with Crippen molar-refractivity contribution in [3.63, 3.8) is 0 Å². The van der Waals surface area contributed by atoms with E-state index < -0.39 is 5.63 Å². The molecule has 3 aromatic rings. The van der Waals surface area contributed by atoms with Crippen LogP contribution in [-0.2, 0) is 11.2 Å². The molecule has 1 amide bonds. The van der Waals surface area contributed by atoms with Crippen LogP contribution in [0.15, 0.2) is 57.7 Å². The average Bonchev–Trinajstić information content (AvgIpc) is 3.18. The summed E-state index contributed by atoms with van der Waals surface area (Å²) in [7, 11) is 0. The quantitative estimate of drug-likeness (QED) is 0.715. The van der Waals surface area contributed by atoms with Crippen molar-refractivity contribution < 1.29 is 13.6 Å². The molecule has 1 aliphatic rings. The summed E-state index contributed by atoms with van der Waals surface area (Å²) in [5, 5.41) is 3.53. The molecule has 27 heavy (non-hydrogen) atoms. The van der Waals surface area contributed by atoms with E-state index in [-0.39, 0.29) is 23.8 Å². The van der Waals surface area contributed by atoms with E-state index in [0.717, 1.165) is 31.3 Å². The Hall–Kier alpha value is -3.15. The molecule has 4 rings (SSSR count). The summed E-state index contributed by atoms with van der Waals surface area (Å²) < 4.78 is 18.5. The van der Waals surface area contributed by atoms with Gasteiger partial charge in [0.15, 0.2) is 5.69 Å². The Morgan fingerprint density at radius 3 is 2.52 bits per heavy atom. The number of nitrogens with one attached hydrogen (secondary N) is 1. The number of halogens is 1. The van der Waals surface area contributed by atoms with Crippen molar-refractivity contribution in [2.75, 3.05) is 23.3 Å². The maximum absolute atomic E-state index is 13.0. The van der Waals surface area contributed by atoms with Crippen LogP contribution in [0.2, 0.25) is 0 Å². The summed E-state index contributed by atoms with van der Waals surface area (Å²) >= 11 is 0. The Morgan fingerprint density at radius 2 is 1.78 bits per heavy atom. The predicted octanol–water partition coefficient (Wildman–Crippen LogP) is 3.71. The van der Waals surface area contributed by atoms with Crippen LogP contribution in [0.4, 0.5) is 15.8 Å². The van der Waals surface area contributed by atoms with Crippen LogP contribution < -0.4 is 15.8 Å². The van der Waals surface area contributed by atoms with E-state index in [1.807, 2.05) is 18.2 Å². The van der Waals surface area contributed by atoms with E-state index in [9.17, 15) is 14.0 Å². The molecule has 2 heterocycles. The van der Waals surface area contributed by atoms with Crippen LogP contribution in [0.3, 0.4) is 0 Å². The maximum Gasteiger partial charge on any atom is 0.362 e. The van der Waals surface area contributed by atoms with E-state index in [0.29, 0.717) is 16.8 Å². The highest BCUT2D eigenvalue weighted by molar-refractivity contribution is 6.03. The SMILES string of the molecule is O=C(Cc1ccc(F)cc1)Nc1c(N2CCCC2)c2ccccc2oc1=O. The molecule has 0 spiro atoms. The number of anilines is 2. The van der Waals surface area contributed by atoms with Gasteiger partial charge in [-0.3, -0.25) is 4.79 Å². The third kappa shape index (κ3) is 3.56. The molecular formula is C21H19FN2O3. The minimum absolute atomic E-state index is 0.0476. The van der Waals surface area contributed by atoms with Crippen LogP contribution in [0.25, 0.3) is 11.0 Å². The van der Waals surface area contributed by atoms with Gasteiger partial charge >= 0.3 is 5.63 Å². The van der Waals surface area contributed by atoms with Gasteiger partial charge in [-0.05, 0) is 42.7 Å². The lowest BCUT2D eigenvalue weighted by Gasteiger charge is -2.22. The zero-order chi connectivity index (χ0) is 18.8. The number of benzene rings is 2. The highest BCUT2D eigenvalue weighted by Crippen LogP contribution is 2.34. The molecule has 0 atom stereocenters. The monoisotopic (exact) mass is 366 g/mol. The van der Waals surface area contributed by atoms with Crippen molar-refractivity contribution in [1.29, 1.82) is 0 Å². The molecular weight excluding hydrogens is 347 g/mol. The molecule has 1 N–H and O–H groups in total. The van der Waals surface area contributed by atoms with Gasteiger partial charge in [0.1, 0.15) is 11.4 Å². The number of nitrogens with zero attached hydrogens (tertiary/aromatic N) is 1. The maximum atomic E-state index is 13.0. The Labute approximate surface area is 155 Å². The Bertz CT molecular complexity index is 1040. The first-order chi connectivity index (χ1) is 13.1. The van der Waals surface area contributed by atoms with Crippen molar-refractivity contribution in [2.24, 2.45) is 0 Å². The summed E-state index contributed by atoms with van der Waals surface area (Å²) in [6, 6.07) is 13.1. The lowest BCUT2D eigenvalue weighted by Crippen LogP contribution is -2.26. The number of hydrogen-bond acceptors (Lipinski definition) is 4. The van der Waals surface area contributed by atoms with E-state index in [1.54, 1.807) is 18.2 Å². The number of para-hydroxylation sites is 1. The average molecular weight is 366 g/mol. The third-order valence-electron chi connectivity index (χ3n) is 4.75. The first kappa shape index (κ1) is 17.3. The molecule has 5 nitrogen and oxygen atoms in total. The highest BCUT2D eigenvalue weighted by atomic mass is 19.1. The third-order valence-corrected chi connectivity index (χ3v) is 4.75. The molecule has 138 valence electrons. The van der Waals surface area contributed by atoms with Crippen molar-refractivity contribution in [3.8, 4) is 0 Å². The fourth-order valence-electron chi connectivity index (χ4n) is 3.48. The summed E-state index contributed by atoms with van der Waals surface area (Å²) in [4.78, 5) is 27.2. The number of fused-ring (bicyclic) bond motifs is 1. The molecule has 1 aliphatic heterocycles. The van der Waals surface area contributed by atoms with Gasteiger partial charge < -0.3 is 14.6 Å². The van der Waals surface area contributed by atoms with E-state index >= 15 is 0 Å². The van der Waals surface area contributed by atoms with Crippen LogP contribution in [0.1, 0.15) is 18.4 Å². The smallest absolute Gasteiger partial charge is 0.362 e. The summed E-state index contributed by atoms with van der Waals surface area (Å²) in [5.74, 6) is -0.699. The van der Waals surface area contributed by atoms with E-state index in [1.165, 1.54) is 12.1 Å². The van der Waals surface area contributed by atoms with Gasteiger partial charge in [0.05, 0.1) is 12.1 Å². The lowest BCUT2D eigenvalue weighted by atomic mass is 10.1. The molecule has 1 fully saturated rings. The zero-order valence-corrected chi connectivity index (χ0v) is 14.7. The van der Waals surface area contributed by atoms with Crippen LogP contribution >= 0.6 is 0 Å². The molecule has 0 bridgehead atoms. The standard InChI is InChI=1S/C21H19FN2O3/c22-15-9-7-14(8-10-15)13-18(25)23-19-20(24-11-3-4-12-24)16-5-1-2-6-17(16)27-21(19)26/h1-2,5-10H,3-4,11-13H2,(H,23,25). The second-order valence-electron chi connectivity index (χ2n) is 6.65. The van der Waals surface area contributed by atoms with Crippen molar-refractivity contribution >= 4 is 28.3 Å². The highest BCUT2D eigenvalue weighted by Gasteiger charge is 2.23. The van der Waals surface area contributed by atoms with E-state index in [2.05, 4.69) is 10.2 Å². The minimum atomic E-state index is -0.567. The predicted molar refractivity (Wildman–Crippen MR) is 103 cm³/mol. The van der Waals surface area contributed by atoms with Gasteiger partial charge in [0.2, 0.25) is 5.91 Å². The van der Waals surface area contributed by atoms with Gasteiger partial charge in [-0.2, -0.15) is 0 Å². The van der Waals surface area contributed by atoms with Crippen molar-refractivity contribution in [2.45, 2.75) is 19.3 Å². The van der Waals surface area contributed by atoms with Gasteiger partial charge in [-0.25, -0.2) is 9.18 Å². The lowest BCUT2D eigenvalue weighted by molar-refractivity contribution is -0.115. The van der Waals surface area contributed by atoms with Gasteiger partial charge in [-0.1, -0.05) is 24.3 Å². The molecule has 1 saturated heterocycles. The van der Waals surface area contributed by atoms with Gasteiger partial charge in [-0.15, -0.1) is 0 Å². The Balaban J connectivity index is 1.70. The normalized spacial score (nSPS) is 13.9.